The molecule has 0 aliphatic carbocycles. The maximum absolute atomic E-state index is 13.5. The number of thioether (sulfide) groups is 1. The first kappa shape index (κ1) is 13.5. The van der Waals surface area contributed by atoms with Crippen LogP contribution >= 0.6 is 11.8 Å². The van der Waals surface area contributed by atoms with E-state index in [-0.39, 0.29) is 12.1 Å². The molecule has 0 aliphatic rings. The number of hydrogen-bond donors (Lipinski definition) is 1. The summed E-state index contributed by atoms with van der Waals surface area (Å²) >= 11 is 1.72. The third-order valence-corrected chi connectivity index (χ3v) is 3.23. The minimum Gasteiger partial charge on any atom is -0.307 e. The molecule has 0 saturated carbocycles. The van der Waals surface area contributed by atoms with Gasteiger partial charge in [-0.1, -0.05) is 12.1 Å². The highest BCUT2D eigenvalue weighted by Gasteiger charge is 2.15. The zero-order chi connectivity index (χ0) is 12.1. The summed E-state index contributed by atoms with van der Waals surface area (Å²) in [4.78, 5) is 0. The maximum atomic E-state index is 13.5. The van der Waals surface area contributed by atoms with Crippen molar-refractivity contribution in [2.24, 2.45) is 0 Å². The van der Waals surface area contributed by atoms with Crippen molar-refractivity contribution in [1.29, 1.82) is 0 Å². The van der Waals surface area contributed by atoms with E-state index in [1.54, 1.807) is 17.8 Å². The largest absolute Gasteiger partial charge is 0.307 e. The van der Waals surface area contributed by atoms with E-state index in [1.165, 1.54) is 6.07 Å². The van der Waals surface area contributed by atoms with Crippen molar-refractivity contribution < 1.29 is 8.78 Å². The third-order valence-electron chi connectivity index (χ3n) is 2.40. The number of nitrogens with one attached hydrogen (secondary N) is 1. The van der Waals surface area contributed by atoms with Crippen LogP contribution in [-0.2, 0) is 0 Å². The lowest BCUT2D eigenvalue weighted by Gasteiger charge is -2.20. The Bertz CT molecular complexity index is 344. The van der Waals surface area contributed by atoms with Crippen molar-refractivity contribution in [2.75, 3.05) is 12.0 Å². The van der Waals surface area contributed by atoms with Crippen molar-refractivity contribution >= 4 is 11.8 Å². The first-order valence-corrected chi connectivity index (χ1v) is 6.64. The summed E-state index contributed by atoms with van der Waals surface area (Å²) in [6.07, 6.45) is 2.02. The molecule has 0 spiro atoms. The zero-order valence-corrected chi connectivity index (χ0v) is 10.6. The zero-order valence-electron chi connectivity index (χ0n) is 9.76. The van der Waals surface area contributed by atoms with Crippen molar-refractivity contribution in [3.8, 4) is 0 Å². The Morgan fingerprint density at radius 1 is 1.31 bits per heavy atom. The SMILES string of the molecule is CSCC(C)NC(C)c1cccc(F)c1F. The number of hydrogen-bond acceptors (Lipinski definition) is 2. The van der Waals surface area contributed by atoms with E-state index in [0.717, 1.165) is 11.8 Å². The van der Waals surface area contributed by atoms with Crippen LogP contribution < -0.4 is 5.32 Å². The van der Waals surface area contributed by atoms with Gasteiger partial charge in [-0.15, -0.1) is 0 Å². The molecule has 0 fully saturated rings. The molecule has 4 heteroatoms. The van der Waals surface area contributed by atoms with Crippen LogP contribution in [0.3, 0.4) is 0 Å². The molecule has 90 valence electrons. The summed E-state index contributed by atoms with van der Waals surface area (Å²) < 4.78 is 26.5. The van der Waals surface area contributed by atoms with Crippen LogP contribution in [0.25, 0.3) is 0 Å². The smallest absolute Gasteiger partial charge is 0.163 e. The molecule has 0 amide bonds. The molecule has 1 aromatic carbocycles. The van der Waals surface area contributed by atoms with Crippen molar-refractivity contribution in [3.63, 3.8) is 0 Å². The minimum absolute atomic E-state index is 0.183. The van der Waals surface area contributed by atoms with E-state index in [0.29, 0.717) is 5.56 Å². The Morgan fingerprint density at radius 3 is 2.62 bits per heavy atom. The summed E-state index contributed by atoms with van der Waals surface area (Å²) in [5, 5.41) is 3.24. The number of halogens is 2. The monoisotopic (exact) mass is 245 g/mol. The highest BCUT2D eigenvalue weighted by molar-refractivity contribution is 7.98. The lowest BCUT2D eigenvalue weighted by molar-refractivity contribution is 0.456. The lowest BCUT2D eigenvalue weighted by atomic mass is 10.1. The summed E-state index contributed by atoms with van der Waals surface area (Å²) in [5.41, 5.74) is 0.382. The van der Waals surface area contributed by atoms with Gasteiger partial charge in [0.15, 0.2) is 11.6 Å². The first-order valence-electron chi connectivity index (χ1n) is 5.25. The molecule has 0 bridgehead atoms. The predicted molar refractivity (Wildman–Crippen MR) is 65.8 cm³/mol. The van der Waals surface area contributed by atoms with Crippen LogP contribution in [0.5, 0.6) is 0 Å². The van der Waals surface area contributed by atoms with Gasteiger partial charge >= 0.3 is 0 Å². The molecule has 2 unspecified atom stereocenters. The normalized spacial score (nSPS) is 14.8. The molecule has 1 nitrogen and oxygen atoms in total. The fourth-order valence-corrected chi connectivity index (χ4v) is 2.27. The molecule has 16 heavy (non-hydrogen) atoms. The lowest BCUT2D eigenvalue weighted by Crippen LogP contribution is -2.31. The van der Waals surface area contributed by atoms with Gasteiger partial charge in [-0.3, -0.25) is 0 Å². The van der Waals surface area contributed by atoms with Gasteiger partial charge in [0.05, 0.1) is 0 Å². The number of rotatable bonds is 5. The van der Waals surface area contributed by atoms with Crippen LogP contribution in [0.15, 0.2) is 18.2 Å². The predicted octanol–water partition coefficient (Wildman–Crippen LogP) is 3.37. The molecule has 0 aromatic heterocycles. The molecule has 1 aromatic rings. The van der Waals surface area contributed by atoms with Crippen LogP contribution in [-0.4, -0.2) is 18.1 Å². The molecular formula is C12H17F2NS. The average molecular weight is 245 g/mol. The highest BCUT2D eigenvalue weighted by Crippen LogP contribution is 2.19. The Balaban J connectivity index is 2.72. The Kier molecular flexibility index (Phi) is 5.22. The average Bonchev–Trinajstić information content (AvgIpc) is 2.22. The van der Waals surface area contributed by atoms with E-state index in [2.05, 4.69) is 5.32 Å². The molecular weight excluding hydrogens is 228 g/mol. The molecule has 1 rings (SSSR count). The van der Waals surface area contributed by atoms with Crippen molar-refractivity contribution in [2.45, 2.75) is 25.9 Å². The fourth-order valence-electron chi connectivity index (χ4n) is 1.67. The standard InChI is InChI=1S/C12H17F2NS/c1-8(7-16-3)15-9(2)10-5-4-6-11(13)12(10)14/h4-6,8-9,15H,7H2,1-3H3. The van der Waals surface area contributed by atoms with Gasteiger partial charge in [-0.2, -0.15) is 11.8 Å². The Labute approximate surface area is 99.6 Å². The van der Waals surface area contributed by atoms with Crippen LogP contribution in [0, 0.1) is 11.6 Å². The second-order valence-electron chi connectivity index (χ2n) is 3.89. The van der Waals surface area contributed by atoms with E-state index in [4.69, 9.17) is 0 Å². The van der Waals surface area contributed by atoms with Gasteiger partial charge in [0.1, 0.15) is 0 Å². The third kappa shape index (κ3) is 3.46. The fraction of sp³-hybridized carbons (Fsp3) is 0.500. The molecule has 0 heterocycles. The van der Waals surface area contributed by atoms with E-state index in [1.807, 2.05) is 20.1 Å². The minimum atomic E-state index is -0.788. The van der Waals surface area contributed by atoms with Crippen LogP contribution in [0.2, 0.25) is 0 Å². The molecule has 0 aliphatic heterocycles. The Morgan fingerprint density at radius 2 is 2.00 bits per heavy atom. The first-order chi connectivity index (χ1) is 7.56. The summed E-state index contributed by atoms with van der Waals surface area (Å²) in [5.74, 6) is -0.594. The second-order valence-corrected chi connectivity index (χ2v) is 4.80. The van der Waals surface area contributed by atoms with Gasteiger partial charge < -0.3 is 5.32 Å². The van der Waals surface area contributed by atoms with Gasteiger partial charge in [0, 0.05) is 23.4 Å². The molecule has 1 N–H and O–H groups in total. The van der Waals surface area contributed by atoms with Crippen molar-refractivity contribution in [3.05, 3.63) is 35.4 Å². The summed E-state index contributed by atoms with van der Waals surface area (Å²) in [6, 6.07) is 4.37. The maximum Gasteiger partial charge on any atom is 0.163 e. The highest BCUT2D eigenvalue weighted by atomic mass is 32.2. The quantitative estimate of drug-likeness (QED) is 0.853. The van der Waals surface area contributed by atoms with E-state index in [9.17, 15) is 8.78 Å². The molecule has 0 saturated heterocycles. The van der Waals surface area contributed by atoms with Gasteiger partial charge in [0.2, 0.25) is 0 Å². The van der Waals surface area contributed by atoms with E-state index >= 15 is 0 Å². The second kappa shape index (κ2) is 6.21. The molecule has 0 radical (unpaired) electrons. The molecule has 2 atom stereocenters. The van der Waals surface area contributed by atoms with E-state index < -0.39 is 11.6 Å². The summed E-state index contributed by atoms with van der Waals surface area (Å²) in [6.45, 7) is 3.87. The van der Waals surface area contributed by atoms with Gasteiger partial charge in [-0.05, 0) is 26.2 Å². The topological polar surface area (TPSA) is 12.0 Å². The van der Waals surface area contributed by atoms with Gasteiger partial charge in [-0.25, -0.2) is 8.78 Å². The summed E-state index contributed by atoms with van der Waals surface area (Å²) in [7, 11) is 0. The number of benzene rings is 1. The van der Waals surface area contributed by atoms with Crippen LogP contribution in [0.4, 0.5) is 8.78 Å². The van der Waals surface area contributed by atoms with Crippen LogP contribution in [0.1, 0.15) is 25.5 Å². The van der Waals surface area contributed by atoms with Gasteiger partial charge in [0.25, 0.3) is 0 Å². The van der Waals surface area contributed by atoms with Crippen molar-refractivity contribution in [1.82, 2.24) is 5.32 Å². The Hall–Kier alpha value is -0.610.